The number of pyridine rings is 1. The summed E-state index contributed by atoms with van der Waals surface area (Å²) < 4.78 is 36.2. The summed E-state index contributed by atoms with van der Waals surface area (Å²) in [6, 6.07) is 18.2. The summed E-state index contributed by atoms with van der Waals surface area (Å²) in [7, 11) is -2.35. The van der Waals surface area contributed by atoms with E-state index >= 15 is 0 Å². The summed E-state index contributed by atoms with van der Waals surface area (Å²) in [6.45, 7) is 4.00. The van der Waals surface area contributed by atoms with E-state index in [9.17, 15) is 8.42 Å². The zero-order chi connectivity index (χ0) is 22.0. The lowest BCUT2D eigenvalue weighted by molar-refractivity contribution is 0.414. The smallest absolute Gasteiger partial charge is 0.268 e. The molecular formula is C23H24N4O3S. The normalized spacial score (nSPS) is 11.6. The molecule has 0 aliphatic carbocycles. The van der Waals surface area contributed by atoms with Gasteiger partial charge in [0, 0.05) is 6.20 Å². The highest BCUT2D eigenvalue weighted by atomic mass is 32.2. The van der Waals surface area contributed by atoms with Gasteiger partial charge in [-0.3, -0.25) is 8.71 Å². The van der Waals surface area contributed by atoms with Crippen LogP contribution in [0.5, 0.6) is 5.75 Å². The van der Waals surface area contributed by atoms with E-state index in [0.717, 1.165) is 17.5 Å². The first-order valence-electron chi connectivity index (χ1n) is 9.99. The number of hydrogen-bond acceptors (Lipinski definition) is 5. The predicted octanol–water partition coefficient (Wildman–Crippen LogP) is 4.00. The molecule has 0 unspecified atom stereocenters. The Labute approximate surface area is 182 Å². The van der Waals surface area contributed by atoms with Gasteiger partial charge in [-0.25, -0.2) is 8.42 Å². The van der Waals surface area contributed by atoms with Crippen molar-refractivity contribution in [2.75, 3.05) is 11.4 Å². The van der Waals surface area contributed by atoms with E-state index in [0.29, 0.717) is 22.9 Å². The maximum absolute atomic E-state index is 13.9. The lowest BCUT2D eigenvalue weighted by Crippen LogP contribution is -2.31. The molecular weight excluding hydrogens is 412 g/mol. The maximum Gasteiger partial charge on any atom is 0.268 e. The standard InChI is InChI=1S/C23H24N4O3S/c1-4-18-10-12-20(13-11-18)27(16-19-7-5-8-21(15-19)30-3)31(28,29)22-9-6-14-26-17(2)24-25-23(22)26/h5-15H,4,16H2,1-3H3. The van der Waals surface area contributed by atoms with Crippen molar-refractivity contribution in [3.63, 3.8) is 0 Å². The average molecular weight is 437 g/mol. The summed E-state index contributed by atoms with van der Waals surface area (Å²) in [4.78, 5) is 0.109. The fraction of sp³-hybridized carbons (Fsp3) is 0.217. The van der Waals surface area contributed by atoms with Gasteiger partial charge >= 0.3 is 0 Å². The number of benzene rings is 2. The second-order valence-electron chi connectivity index (χ2n) is 7.20. The molecule has 0 radical (unpaired) electrons. The zero-order valence-corrected chi connectivity index (χ0v) is 18.5. The van der Waals surface area contributed by atoms with Gasteiger partial charge in [-0.15, -0.1) is 10.2 Å². The molecule has 0 fully saturated rings. The second-order valence-corrected chi connectivity index (χ2v) is 9.03. The first-order chi connectivity index (χ1) is 14.9. The van der Waals surface area contributed by atoms with E-state index in [1.54, 1.807) is 36.8 Å². The van der Waals surface area contributed by atoms with Crippen LogP contribution in [0.15, 0.2) is 71.8 Å². The number of nitrogens with zero attached hydrogens (tertiary/aromatic N) is 4. The molecule has 0 atom stereocenters. The van der Waals surface area contributed by atoms with Gasteiger partial charge in [0.1, 0.15) is 16.5 Å². The Bertz CT molecular complexity index is 1310. The van der Waals surface area contributed by atoms with Gasteiger partial charge in [-0.2, -0.15) is 0 Å². The molecule has 31 heavy (non-hydrogen) atoms. The highest BCUT2D eigenvalue weighted by molar-refractivity contribution is 7.93. The first-order valence-corrected chi connectivity index (χ1v) is 11.4. The van der Waals surface area contributed by atoms with E-state index in [4.69, 9.17) is 4.74 Å². The van der Waals surface area contributed by atoms with Gasteiger partial charge in [0.2, 0.25) is 0 Å². The van der Waals surface area contributed by atoms with Crippen LogP contribution in [-0.4, -0.2) is 30.1 Å². The molecule has 2 heterocycles. The van der Waals surface area contributed by atoms with Crippen LogP contribution in [0.3, 0.4) is 0 Å². The number of methoxy groups -OCH3 is 1. The summed E-state index contributed by atoms with van der Waals surface area (Å²) in [5.41, 5.74) is 2.84. The summed E-state index contributed by atoms with van der Waals surface area (Å²) >= 11 is 0. The SMILES string of the molecule is CCc1ccc(N(Cc2cccc(OC)c2)S(=O)(=O)c2cccn3c(C)nnc23)cc1. The van der Waals surface area contributed by atoms with Gasteiger partial charge in [0.15, 0.2) is 5.65 Å². The fourth-order valence-electron chi connectivity index (χ4n) is 3.48. The Morgan fingerprint density at radius 3 is 2.48 bits per heavy atom. The number of aromatic nitrogens is 3. The van der Waals surface area contributed by atoms with Crippen LogP contribution in [0.4, 0.5) is 5.69 Å². The molecule has 0 amide bonds. The van der Waals surface area contributed by atoms with E-state index in [1.165, 1.54) is 4.31 Å². The van der Waals surface area contributed by atoms with Crippen molar-refractivity contribution in [1.29, 1.82) is 0 Å². The average Bonchev–Trinajstić information content (AvgIpc) is 3.18. The topological polar surface area (TPSA) is 76.8 Å². The fourth-order valence-corrected chi connectivity index (χ4v) is 5.05. The van der Waals surface area contributed by atoms with Crippen molar-refractivity contribution in [3.05, 3.63) is 83.8 Å². The van der Waals surface area contributed by atoms with E-state index in [2.05, 4.69) is 17.1 Å². The van der Waals surface area contributed by atoms with Crippen molar-refractivity contribution >= 4 is 21.4 Å². The molecule has 0 saturated carbocycles. The van der Waals surface area contributed by atoms with Crippen molar-refractivity contribution in [2.24, 2.45) is 0 Å². The molecule has 2 aromatic carbocycles. The quantitative estimate of drug-likeness (QED) is 0.438. The summed E-state index contributed by atoms with van der Waals surface area (Å²) in [5, 5.41) is 8.15. The molecule has 0 aliphatic heterocycles. The van der Waals surface area contributed by atoms with Crippen LogP contribution in [0.25, 0.3) is 5.65 Å². The Hall–Kier alpha value is -3.39. The van der Waals surface area contributed by atoms with Gasteiger partial charge < -0.3 is 4.74 Å². The Kier molecular flexibility index (Phi) is 5.65. The molecule has 4 rings (SSSR count). The Morgan fingerprint density at radius 1 is 1.00 bits per heavy atom. The minimum Gasteiger partial charge on any atom is -0.497 e. The Morgan fingerprint density at radius 2 is 1.77 bits per heavy atom. The number of ether oxygens (including phenoxy) is 1. The van der Waals surface area contributed by atoms with Gasteiger partial charge in [-0.1, -0.05) is 31.2 Å². The van der Waals surface area contributed by atoms with Crippen molar-refractivity contribution < 1.29 is 13.2 Å². The Balaban J connectivity index is 1.85. The van der Waals surface area contributed by atoms with E-state index in [-0.39, 0.29) is 11.4 Å². The largest absolute Gasteiger partial charge is 0.497 e. The van der Waals surface area contributed by atoms with Crippen LogP contribution >= 0.6 is 0 Å². The minimum absolute atomic E-state index is 0.109. The molecule has 0 spiro atoms. The van der Waals surface area contributed by atoms with E-state index in [1.807, 2.05) is 48.5 Å². The molecule has 0 N–H and O–H groups in total. The number of sulfonamides is 1. The summed E-state index contributed by atoms with van der Waals surface area (Å²) in [6.07, 6.45) is 2.63. The highest BCUT2D eigenvalue weighted by Gasteiger charge is 2.29. The second kappa shape index (κ2) is 8.39. The molecule has 2 aromatic heterocycles. The lowest BCUT2D eigenvalue weighted by atomic mass is 10.1. The van der Waals surface area contributed by atoms with Crippen molar-refractivity contribution in [2.45, 2.75) is 31.7 Å². The van der Waals surface area contributed by atoms with Crippen LogP contribution in [0.2, 0.25) is 0 Å². The van der Waals surface area contributed by atoms with Crippen molar-refractivity contribution in [1.82, 2.24) is 14.6 Å². The first kappa shape index (κ1) is 20.9. The maximum atomic E-state index is 13.9. The third-order valence-corrected chi connectivity index (χ3v) is 7.03. The zero-order valence-electron chi connectivity index (χ0n) is 17.7. The van der Waals surface area contributed by atoms with Crippen LogP contribution < -0.4 is 9.04 Å². The number of anilines is 1. The van der Waals surface area contributed by atoms with Crippen LogP contribution in [-0.2, 0) is 23.0 Å². The molecule has 160 valence electrons. The van der Waals surface area contributed by atoms with Crippen LogP contribution in [0.1, 0.15) is 23.9 Å². The minimum atomic E-state index is -3.94. The van der Waals surface area contributed by atoms with Gasteiger partial charge in [0.25, 0.3) is 10.0 Å². The predicted molar refractivity (Wildman–Crippen MR) is 120 cm³/mol. The van der Waals surface area contributed by atoms with E-state index < -0.39 is 10.0 Å². The van der Waals surface area contributed by atoms with Crippen molar-refractivity contribution in [3.8, 4) is 5.75 Å². The number of rotatable bonds is 7. The third-order valence-electron chi connectivity index (χ3n) is 5.23. The number of aryl methyl sites for hydroxylation is 2. The molecule has 7 nitrogen and oxygen atoms in total. The molecule has 8 heteroatoms. The third kappa shape index (κ3) is 3.98. The molecule has 0 saturated heterocycles. The van der Waals surface area contributed by atoms with Gasteiger partial charge in [-0.05, 0) is 60.9 Å². The molecule has 4 aromatic rings. The molecule has 0 bridgehead atoms. The van der Waals surface area contributed by atoms with Gasteiger partial charge in [0.05, 0.1) is 19.3 Å². The lowest BCUT2D eigenvalue weighted by Gasteiger charge is -2.25. The highest BCUT2D eigenvalue weighted by Crippen LogP contribution is 2.29. The monoisotopic (exact) mass is 436 g/mol. The number of fused-ring (bicyclic) bond motifs is 1. The summed E-state index contributed by atoms with van der Waals surface area (Å²) in [5.74, 6) is 1.30. The number of hydrogen-bond donors (Lipinski definition) is 0. The molecule has 0 aliphatic rings. The van der Waals surface area contributed by atoms with Crippen LogP contribution in [0, 0.1) is 6.92 Å².